The van der Waals surface area contributed by atoms with E-state index in [-0.39, 0.29) is 11.6 Å². The molecule has 0 aliphatic rings. The smallest absolute Gasteiger partial charge is 0.156 e. The van der Waals surface area contributed by atoms with Gasteiger partial charge in [0, 0.05) is 11.4 Å². The number of rotatable bonds is 4. The van der Waals surface area contributed by atoms with Gasteiger partial charge in [-0.05, 0) is 47.9 Å². The lowest BCUT2D eigenvalue weighted by Gasteiger charge is -2.06. The van der Waals surface area contributed by atoms with Crippen LogP contribution in [0, 0.1) is 5.82 Å². The van der Waals surface area contributed by atoms with Gasteiger partial charge >= 0.3 is 0 Å². The zero-order valence-corrected chi connectivity index (χ0v) is 11.8. The third-order valence-electron chi connectivity index (χ3n) is 2.99. The Bertz CT molecular complexity index is 644. The third kappa shape index (κ3) is 3.78. The van der Waals surface area contributed by atoms with E-state index < -0.39 is 0 Å². The summed E-state index contributed by atoms with van der Waals surface area (Å²) in [5, 5.41) is 0.602. The molecule has 0 amide bonds. The van der Waals surface area contributed by atoms with Gasteiger partial charge in [0.2, 0.25) is 0 Å². The molecule has 0 unspecified atom stereocenters. The summed E-state index contributed by atoms with van der Waals surface area (Å²) >= 11 is 6.09. The van der Waals surface area contributed by atoms with Crippen molar-refractivity contribution in [3.63, 3.8) is 0 Å². The molecule has 0 aliphatic heterocycles. The maximum atomic E-state index is 12.9. The number of hydrogen-bond donors (Lipinski definition) is 0. The van der Waals surface area contributed by atoms with E-state index in [1.807, 2.05) is 18.2 Å². The van der Waals surface area contributed by atoms with Crippen LogP contribution in [0.4, 0.5) is 4.39 Å². The topological polar surface area (TPSA) is 17.1 Å². The Morgan fingerprint density at radius 1 is 1.15 bits per heavy atom. The molecule has 0 atom stereocenters. The monoisotopic (exact) mass is 288 g/mol. The van der Waals surface area contributed by atoms with Gasteiger partial charge in [0.05, 0.1) is 0 Å². The van der Waals surface area contributed by atoms with Gasteiger partial charge in [-0.2, -0.15) is 0 Å². The molecule has 0 aromatic heterocycles. The van der Waals surface area contributed by atoms with Gasteiger partial charge in [0.15, 0.2) is 5.78 Å². The summed E-state index contributed by atoms with van der Waals surface area (Å²) in [4.78, 5) is 11.7. The molecule has 20 heavy (non-hydrogen) atoms. The summed E-state index contributed by atoms with van der Waals surface area (Å²) < 4.78 is 12.9. The van der Waals surface area contributed by atoms with E-state index >= 15 is 0 Å². The second kappa shape index (κ2) is 6.49. The van der Waals surface area contributed by atoms with Crippen LogP contribution in [0.15, 0.2) is 54.1 Å². The van der Waals surface area contributed by atoms with Crippen molar-refractivity contribution in [1.82, 2.24) is 0 Å². The van der Waals surface area contributed by atoms with E-state index in [9.17, 15) is 9.18 Å². The van der Waals surface area contributed by atoms with Crippen molar-refractivity contribution in [1.29, 1.82) is 0 Å². The standard InChI is InChI=1S/C17H14ClFO/c1-12(20)15(10-13-6-8-16(19)9-7-13)11-14-4-2-3-5-17(14)18/h2-9,11H,10H2,1H3/b15-11+. The molecule has 0 fully saturated rings. The van der Waals surface area contributed by atoms with Crippen molar-refractivity contribution >= 4 is 23.5 Å². The predicted octanol–water partition coefficient (Wildman–Crippen LogP) is 4.69. The molecule has 0 aliphatic carbocycles. The zero-order chi connectivity index (χ0) is 14.5. The zero-order valence-electron chi connectivity index (χ0n) is 11.1. The van der Waals surface area contributed by atoms with Gasteiger partial charge in [0.25, 0.3) is 0 Å². The predicted molar refractivity (Wildman–Crippen MR) is 80.2 cm³/mol. The number of halogens is 2. The Balaban J connectivity index is 2.30. The third-order valence-corrected chi connectivity index (χ3v) is 3.34. The minimum absolute atomic E-state index is 0.0192. The van der Waals surface area contributed by atoms with Crippen molar-refractivity contribution < 1.29 is 9.18 Å². The molecule has 0 bridgehead atoms. The highest BCUT2D eigenvalue weighted by atomic mass is 35.5. The van der Waals surface area contributed by atoms with Crippen LogP contribution in [0.2, 0.25) is 5.02 Å². The van der Waals surface area contributed by atoms with Crippen LogP contribution in [0.25, 0.3) is 6.08 Å². The number of hydrogen-bond acceptors (Lipinski definition) is 1. The van der Waals surface area contributed by atoms with Gasteiger partial charge in [-0.15, -0.1) is 0 Å². The van der Waals surface area contributed by atoms with Crippen LogP contribution >= 0.6 is 11.6 Å². The van der Waals surface area contributed by atoms with Gasteiger partial charge in [-0.3, -0.25) is 4.79 Å². The molecule has 3 heteroatoms. The van der Waals surface area contributed by atoms with E-state index in [1.54, 1.807) is 24.3 Å². The van der Waals surface area contributed by atoms with Crippen LogP contribution in [0.3, 0.4) is 0 Å². The summed E-state index contributed by atoms with van der Waals surface area (Å²) in [7, 11) is 0. The molecular weight excluding hydrogens is 275 g/mol. The normalized spacial score (nSPS) is 11.4. The highest BCUT2D eigenvalue weighted by Crippen LogP contribution is 2.20. The van der Waals surface area contributed by atoms with Gasteiger partial charge in [-0.25, -0.2) is 4.39 Å². The van der Waals surface area contributed by atoms with E-state index in [0.29, 0.717) is 17.0 Å². The van der Waals surface area contributed by atoms with E-state index in [4.69, 9.17) is 11.6 Å². The number of Topliss-reactive ketones (excluding diaryl/α,β-unsaturated/α-hetero) is 1. The van der Waals surface area contributed by atoms with Crippen molar-refractivity contribution in [2.45, 2.75) is 13.3 Å². The SMILES string of the molecule is CC(=O)/C(=C/c1ccccc1Cl)Cc1ccc(F)cc1. The molecule has 0 heterocycles. The number of benzene rings is 2. The van der Waals surface area contributed by atoms with E-state index in [2.05, 4.69) is 0 Å². The summed E-state index contributed by atoms with van der Waals surface area (Å²) in [6.45, 7) is 1.52. The Kier molecular flexibility index (Phi) is 4.70. The molecule has 0 saturated heterocycles. The number of carbonyl (C=O) groups excluding carboxylic acids is 1. The Hall–Kier alpha value is -1.93. The largest absolute Gasteiger partial charge is 0.295 e. The van der Waals surface area contributed by atoms with Crippen LogP contribution < -0.4 is 0 Å². The molecule has 102 valence electrons. The highest BCUT2D eigenvalue weighted by molar-refractivity contribution is 6.32. The van der Waals surface area contributed by atoms with Crippen LogP contribution in [0.1, 0.15) is 18.1 Å². The Labute approximate surface area is 122 Å². The van der Waals surface area contributed by atoms with Crippen molar-refractivity contribution in [2.24, 2.45) is 0 Å². The fraction of sp³-hybridized carbons (Fsp3) is 0.118. The molecule has 0 spiro atoms. The number of ketones is 1. The van der Waals surface area contributed by atoms with Gasteiger partial charge in [0.1, 0.15) is 5.82 Å². The fourth-order valence-corrected chi connectivity index (χ4v) is 2.07. The van der Waals surface area contributed by atoms with Crippen LogP contribution in [-0.4, -0.2) is 5.78 Å². The lowest BCUT2D eigenvalue weighted by molar-refractivity contribution is -0.113. The van der Waals surface area contributed by atoms with Crippen molar-refractivity contribution in [2.75, 3.05) is 0 Å². The summed E-state index contributed by atoms with van der Waals surface area (Å²) in [5.74, 6) is -0.303. The minimum Gasteiger partial charge on any atom is -0.295 e. The number of carbonyl (C=O) groups is 1. The molecule has 0 radical (unpaired) electrons. The average molecular weight is 289 g/mol. The Morgan fingerprint density at radius 3 is 2.40 bits per heavy atom. The lowest BCUT2D eigenvalue weighted by atomic mass is 10.00. The molecule has 1 nitrogen and oxygen atoms in total. The van der Waals surface area contributed by atoms with Crippen LogP contribution in [0.5, 0.6) is 0 Å². The number of allylic oxidation sites excluding steroid dienone is 1. The molecular formula is C17H14ClFO. The van der Waals surface area contributed by atoms with Crippen LogP contribution in [-0.2, 0) is 11.2 Å². The maximum Gasteiger partial charge on any atom is 0.156 e. The summed E-state index contributed by atoms with van der Waals surface area (Å²) in [6.07, 6.45) is 2.24. The van der Waals surface area contributed by atoms with Crippen molar-refractivity contribution in [3.05, 3.63) is 76.1 Å². The molecule has 0 saturated carbocycles. The highest BCUT2D eigenvalue weighted by Gasteiger charge is 2.07. The first kappa shape index (κ1) is 14.5. The summed E-state index contributed by atoms with van der Waals surface area (Å²) in [5.41, 5.74) is 2.34. The minimum atomic E-state index is -0.284. The first-order valence-electron chi connectivity index (χ1n) is 6.27. The maximum absolute atomic E-state index is 12.9. The second-order valence-corrected chi connectivity index (χ2v) is 4.96. The fourth-order valence-electron chi connectivity index (χ4n) is 1.88. The lowest BCUT2D eigenvalue weighted by Crippen LogP contribution is -2.01. The van der Waals surface area contributed by atoms with E-state index in [1.165, 1.54) is 19.1 Å². The second-order valence-electron chi connectivity index (χ2n) is 4.55. The quantitative estimate of drug-likeness (QED) is 0.746. The molecule has 2 rings (SSSR count). The van der Waals surface area contributed by atoms with Crippen molar-refractivity contribution in [3.8, 4) is 0 Å². The van der Waals surface area contributed by atoms with Gasteiger partial charge < -0.3 is 0 Å². The first-order chi connectivity index (χ1) is 9.56. The van der Waals surface area contributed by atoms with Gasteiger partial charge in [-0.1, -0.05) is 41.9 Å². The molecule has 2 aromatic rings. The Morgan fingerprint density at radius 2 is 1.80 bits per heavy atom. The molecule has 0 N–H and O–H groups in total. The first-order valence-corrected chi connectivity index (χ1v) is 6.64. The molecule has 2 aromatic carbocycles. The summed E-state index contributed by atoms with van der Waals surface area (Å²) in [6, 6.07) is 13.5. The van der Waals surface area contributed by atoms with E-state index in [0.717, 1.165) is 11.1 Å². The average Bonchev–Trinajstić information content (AvgIpc) is 2.42.